The Labute approximate surface area is 111 Å². The summed E-state index contributed by atoms with van der Waals surface area (Å²) in [6.45, 7) is 7.18. The molecule has 1 aliphatic rings. The first kappa shape index (κ1) is 13.4. The van der Waals surface area contributed by atoms with E-state index in [1.807, 2.05) is 6.92 Å². The Balaban J connectivity index is 2.13. The van der Waals surface area contributed by atoms with Gasteiger partial charge in [-0.15, -0.1) is 0 Å². The van der Waals surface area contributed by atoms with E-state index in [4.69, 9.17) is 10.5 Å². The molecule has 0 saturated heterocycles. The second-order valence-electron chi connectivity index (χ2n) is 5.86. The Morgan fingerprint density at radius 3 is 2.61 bits per heavy atom. The van der Waals surface area contributed by atoms with Crippen LogP contribution in [0.2, 0.25) is 0 Å². The van der Waals surface area contributed by atoms with Crippen molar-refractivity contribution >= 4 is 0 Å². The number of rotatable bonds is 5. The molecule has 1 unspecified atom stereocenters. The fourth-order valence-corrected chi connectivity index (χ4v) is 2.61. The van der Waals surface area contributed by atoms with Crippen molar-refractivity contribution in [3.63, 3.8) is 0 Å². The third-order valence-corrected chi connectivity index (χ3v) is 3.73. The van der Waals surface area contributed by atoms with Crippen LogP contribution in [-0.2, 0) is 6.42 Å². The molecule has 1 aromatic carbocycles. The number of nitrogens with two attached hydrogens (primary N) is 1. The van der Waals surface area contributed by atoms with E-state index in [0.717, 1.165) is 24.7 Å². The largest absolute Gasteiger partial charge is 0.493 e. The molecule has 0 aromatic heterocycles. The van der Waals surface area contributed by atoms with Gasteiger partial charge in [0.25, 0.3) is 0 Å². The van der Waals surface area contributed by atoms with E-state index in [0.29, 0.717) is 0 Å². The van der Waals surface area contributed by atoms with Crippen LogP contribution < -0.4 is 10.5 Å². The molecule has 2 heteroatoms. The fourth-order valence-electron chi connectivity index (χ4n) is 2.61. The zero-order valence-corrected chi connectivity index (χ0v) is 11.8. The van der Waals surface area contributed by atoms with Gasteiger partial charge in [-0.25, -0.2) is 0 Å². The minimum Gasteiger partial charge on any atom is -0.493 e. The van der Waals surface area contributed by atoms with Gasteiger partial charge in [-0.1, -0.05) is 24.1 Å². The number of ether oxygens (including phenoxy) is 1. The van der Waals surface area contributed by atoms with Crippen molar-refractivity contribution < 1.29 is 4.74 Å². The van der Waals surface area contributed by atoms with E-state index >= 15 is 0 Å². The first-order valence-corrected chi connectivity index (χ1v) is 7.04. The Hall–Kier alpha value is -1.02. The lowest BCUT2D eigenvalue weighted by Crippen LogP contribution is -2.22. The molecule has 0 radical (unpaired) electrons. The topological polar surface area (TPSA) is 35.2 Å². The number of hydrogen-bond donors (Lipinski definition) is 1. The smallest absolute Gasteiger partial charge is 0.125 e. The summed E-state index contributed by atoms with van der Waals surface area (Å²) in [4.78, 5) is 0. The van der Waals surface area contributed by atoms with Crippen LogP contribution in [-0.4, -0.2) is 12.6 Å². The van der Waals surface area contributed by atoms with E-state index < -0.39 is 0 Å². The molecule has 1 aromatic rings. The van der Waals surface area contributed by atoms with Crippen molar-refractivity contribution in [2.45, 2.75) is 52.5 Å². The summed E-state index contributed by atoms with van der Waals surface area (Å²) in [5.74, 6) is 1.85. The summed E-state index contributed by atoms with van der Waals surface area (Å²) < 4.78 is 6.07. The summed E-state index contributed by atoms with van der Waals surface area (Å²) in [7, 11) is 0. The molecular weight excluding hydrogens is 222 g/mol. The van der Waals surface area contributed by atoms with Gasteiger partial charge in [0.15, 0.2) is 0 Å². The van der Waals surface area contributed by atoms with Gasteiger partial charge in [0.2, 0.25) is 0 Å². The highest BCUT2D eigenvalue weighted by atomic mass is 16.5. The lowest BCUT2D eigenvalue weighted by atomic mass is 9.86. The van der Waals surface area contributed by atoms with Gasteiger partial charge in [0.05, 0.1) is 6.61 Å². The molecule has 1 saturated carbocycles. The molecule has 1 fully saturated rings. The third-order valence-electron chi connectivity index (χ3n) is 3.73. The van der Waals surface area contributed by atoms with Crippen molar-refractivity contribution in [2.75, 3.05) is 6.61 Å². The third kappa shape index (κ3) is 3.26. The summed E-state index contributed by atoms with van der Waals surface area (Å²) in [5.41, 5.74) is 9.73. The van der Waals surface area contributed by atoms with Gasteiger partial charge in [0.1, 0.15) is 5.75 Å². The lowest BCUT2D eigenvalue weighted by molar-refractivity contribution is 0.178. The minimum absolute atomic E-state index is 0.178. The van der Waals surface area contributed by atoms with Crippen LogP contribution in [0.25, 0.3) is 0 Å². The molecule has 100 valence electrons. The summed E-state index contributed by atoms with van der Waals surface area (Å²) in [6, 6.07) is 4.59. The van der Waals surface area contributed by atoms with Crippen LogP contribution >= 0.6 is 0 Å². The molecule has 0 spiro atoms. The van der Waals surface area contributed by atoms with Gasteiger partial charge in [0, 0.05) is 6.04 Å². The summed E-state index contributed by atoms with van der Waals surface area (Å²) >= 11 is 0. The minimum atomic E-state index is 0.178. The van der Waals surface area contributed by atoms with E-state index in [-0.39, 0.29) is 6.04 Å². The second kappa shape index (κ2) is 5.75. The van der Waals surface area contributed by atoms with Crippen LogP contribution in [0.3, 0.4) is 0 Å². The van der Waals surface area contributed by atoms with Gasteiger partial charge < -0.3 is 10.5 Å². The molecule has 18 heavy (non-hydrogen) atoms. The highest BCUT2D eigenvalue weighted by Crippen LogP contribution is 2.30. The van der Waals surface area contributed by atoms with Gasteiger partial charge in [-0.2, -0.15) is 0 Å². The normalized spacial score (nSPS) is 17.3. The molecule has 1 aliphatic carbocycles. The van der Waals surface area contributed by atoms with Gasteiger partial charge in [-0.05, 0) is 57.1 Å². The molecule has 2 rings (SSSR count). The van der Waals surface area contributed by atoms with Crippen molar-refractivity contribution in [3.05, 3.63) is 28.8 Å². The Morgan fingerprint density at radius 2 is 2.06 bits per heavy atom. The van der Waals surface area contributed by atoms with Crippen molar-refractivity contribution in [1.29, 1.82) is 0 Å². The van der Waals surface area contributed by atoms with Crippen LogP contribution in [0, 0.1) is 19.8 Å². The lowest BCUT2D eigenvalue weighted by Gasteiger charge is -2.26. The predicted molar refractivity (Wildman–Crippen MR) is 76.1 cm³/mol. The monoisotopic (exact) mass is 247 g/mol. The van der Waals surface area contributed by atoms with Crippen LogP contribution in [0.1, 0.15) is 42.9 Å². The zero-order chi connectivity index (χ0) is 13.1. The van der Waals surface area contributed by atoms with Crippen LogP contribution in [0.4, 0.5) is 0 Å². The summed E-state index contributed by atoms with van der Waals surface area (Å²) in [6.07, 6.45) is 4.91. The maximum atomic E-state index is 6.07. The Kier molecular flexibility index (Phi) is 4.28. The number of hydrogen-bond acceptors (Lipinski definition) is 2. The standard InChI is InChI=1S/C16H25NO/c1-11-7-12(2)16(15(8-11)9-13(3)17)18-10-14-5-4-6-14/h7-8,13-14H,4-6,9-10,17H2,1-3H3. The molecule has 2 N–H and O–H groups in total. The van der Waals surface area contributed by atoms with Gasteiger partial charge >= 0.3 is 0 Å². The quantitative estimate of drug-likeness (QED) is 0.865. The van der Waals surface area contributed by atoms with E-state index in [2.05, 4.69) is 26.0 Å². The summed E-state index contributed by atoms with van der Waals surface area (Å²) in [5, 5.41) is 0. The van der Waals surface area contributed by atoms with Crippen LogP contribution in [0.15, 0.2) is 12.1 Å². The van der Waals surface area contributed by atoms with E-state index in [9.17, 15) is 0 Å². The predicted octanol–water partition coefficient (Wildman–Crippen LogP) is 3.37. The molecule has 0 bridgehead atoms. The zero-order valence-electron chi connectivity index (χ0n) is 11.8. The number of aryl methyl sites for hydroxylation is 2. The van der Waals surface area contributed by atoms with Crippen molar-refractivity contribution in [3.8, 4) is 5.75 Å². The van der Waals surface area contributed by atoms with Crippen molar-refractivity contribution in [1.82, 2.24) is 0 Å². The number of benzene rings is 1. The first-order valence-electron chi connectivity index (χ1n) is 7.04. The van der Waals surface area contributed by atoms with Crippen molar-refractivity contribution in [2.24, 2.45) is 11.7 Å². The average molecular weight is 247 g/mol. The van der Waals surface area contributed by atoms with E-state index in [1.165, 1.54) is 36.0 Å². The van der Waals surface area contributed by atoms with E-state index in [1.54, 1.807) is 0 Å². The fraction of sp³-hybridized carbons (Fsp3) is 0.625. The maximum absolute atomic E-state index is 6.07. The second-order valence-corrected chi connectivity index (χ2v) is 5.86. The molecular formula is C16H25NO. The first-order chi connectivity index (χ1) is 8.56. The average Bonchev–Trinajstić information content (AvgIpc) is 2.18. The Bertz CT molecular complexity index is 408. The molecule has 0 heterocycles. The maximum Gasteiger partial charge on any atom is 0.125 e. The van der Waals surface area contributed by atoms with Gasteiger partial charge in [-0.3, -0.25) is 0 Å². The Morgan fingerprint density at radius 1 is 1.33 bits per heavy atom. The molecule has 0 amide bonds. The molecule has 1 atom stereocenters. The highest BCUT2D eigenvalue weighted by molar-refractivity contribution is 5.44. The highest BCUT2D eigenvalue weighted by Gasteiger charge is 2.19. The SMILES string of the molecule is Cc1cc(C)c(OCC2CCC2)c(CC(C)N)c1. The molecule has 2 nitrogen and oxygen atoms in total. The molecule has 0 aliphatic heterocycles. The van der Waals surface area contributed by atoms with Crippen LogP contribution in [0.5, 0.6) is 5.75 Å².